The minimum Gasteiger partial charge on any atom is -0.373 e. The van der Waals surface area contributed by atoms with Crippen molar-refractivity contribution in [3.63, 3.8) is 0 Å². The summed E-state index contributed by atoms with van der Waals surface area (Å²) < 4.78 is 13.6. The van der Waals surface area contributed by atoms with Gasteiger partial charge in [0.2, 0.25) is 0 Å². The zero-order chi connectivity index (χ0) is 15.6. The van der Waals surface area contributed by atoms with Gasteiger partial charge in [-0.05, 0) is 41.4 Å². The molecule has 0 bridgehead atoms. The summed E-state index contributed by atoms with van der Waals surface area (Å²) in [5.41, 5.74) is 2.13. The van der Waals surface area contributed by atoms with Gasteiger partial charge in [-0.2, -0.15) is 0 Å². The smallest absolute Gasteiger partial charge is 0.295 e. The van der Waals surface area contributed by atoms with E-state index in [0.29, 0.717) is 0 Å². The van der Waals surface area contributed by atoms with E-state index in [1.54, 1.807) is 0 Å². The monoisotopic (exact) mass is 352 g/mol. The van der Waals surface area contributed by atoms with Crippen LogP contribution >= 0.6 is 15.9 Å². The Morgan fingerprint density at radius 3 is 2.48 bits per heavy atom. The third kappa shape index (κ3) is 3.58. The molecule has 0 aliphatic carbocycles. The maximum absolute atomic E-state index is 13.4. The molecule has 1 N–H and O–H groups in total. The third-order valence-corrected chi connectivity index (χ3v) is 3.79. The molecule has 0 spiro atoms. The van der Waals surface area contributed by atoms with Crippen LogP contribution in [0.4, 0.5) is 15.8 Å². The second kappa shape index (κ2) is 6.22. The molecule has 1 atom stereocenters. The summed E-state index contributed by atoms with van der Waals surface area (Å²) in [5, 5.41) is 14.1. The summed E-state index contributed by atoms with van der Waals surface area (Å²) in [5.74, 6) is -0.657. The minimum atomic E-state index is -0.657. The molecule has 2 rings (SSSR count). The van der Waals surface area contributed by atoms with E-state index < -0.39 is 10.7 Å². The Kier molecular flexibility index (Phi) is 4.57. The Bertz CT molecular complexity index is 674. The lowest BCUT2D eigenvalue weighted by atomic mass is 10.1. The number of anilines is 1. The van der Waals surface area contributed by atoms with E-state index in [2.05, 4.69) is 21.2 Å². The first-order valence-corrected chi connectivity index (χ1v) is 7.14. The highest BCUT2D eigenvalue weighted by Crippen LogP contribution is 2.33. The van der Waals surface area contributed by atoms with E-state index in [0.717, 1.165) is 17.2 Å². The van der Waals surface area contributed by atoms with Gasteiger partial charge in [0.25, 0.3) is 5.69 Å². The summed E-state index contributed by atoms with van der Waals surface area (Å²) in [6, 6.07) is 10.0. The third-order valence-electron chi connectivity index (χ3n) is 3.18. The second-order valence-corrected chi connectivity index (χ2v) is 5.67. The van der Waals surface area contributed by atoms with Crippen LogP contribution in [0.25, 0.3) is 0 Å². The van der Waals surface area contributed by atoms with Crippen molar-refractivity contribution in [2.75, 3.05) is 5.32 Å². The van der Waals surface area contributed by atoms with Gasteiger partial charge in [-0.25, -0.2) is 4.39 Å². The molecule has 0 aromatic heterocycles. The Hall–Kier alpha value is -1.95. The minimum absolute atomic E-state index is 0.137. The summed E-state index contributed by atoms with van der Waals surface area (Å²) in [4.78, 5) is 10.4. The van der Waals surface area contributed by atoms with Gasteiger partial charge in [0.15, 0.2) is 0 Å². The van der Waals surface area contributed by atoms with E-state index in [4.69, 9.17) is 0 Å². The Morgan fingerprint density at radius 2 is 1.90 bits per heavy atom. The summed E-state index contributed by atoms with van der Waals surface area (Å²) >= 11 is 3.05. The van der Waals surface area contributed by atoms with Crippen LogP contribution in [0.3, 0.4) is 0 Å². The van der Waals surface area contributed by atoms with Gasteiger partial charge in [-0.15, -0.1) is 0 Å². The van der Waals surface area contributed by atoms with E-state index >= 15 is 0 Å². The van der Waals surface area contributed by atoms with Crippen molar-refractivity contribution in [3.05, 3.63) is 67.9 Å². The number of hydrogen-bond acceptors (Lipinski definition) is 3. The molecular weight excluding hydrogens is 339 g/mol. The highest BCUT2D eigenvalue weighted by molar-refractivity contribution is 9.10. The van der Waals surface area contributed by atoms with Gasteiger partial charge in [-0.1, -0.05) is 29.8 Å². The lowest BCUT2D eigenvalue weighted by molar-refractivity contribution is -0.384. The van der Waals surface area contributed by atoms with Gasteiger partial charge in [0.05, 0.1) is 15.5 Å². The molecule has 0 fully saturated rings. The first-order valence-electron chi connectivity index (χ1n) is 6.35. The summed E-state index contributed by atoms with van der Waals surface area (Å²) in [7, 11) is 0. The maximum Gasteiger partial charge on any atom is 0.295 e. The second-order valence-electron chi connectivity index (χ2n) is 4.82. The Morgan fingerprint density at radius 1 is 1.29 bits per heavy atom. The fraction of sp³-hybridized carbons (Fsp3) is 0.200. The molecule has 0 saturated carbocycles. The van der Waals surface area contributed by atoms with Crippen molar-refractivity contribution in [2.45, 2.75) is 19.9 Å². The van der Waals surface area contributed by atoms with Gasteiger partial charge in [0, 0.05) is 6.04 Å². The number of hydrogen-bond donors (Lipinski definition) is 1. The Labute approximate surface area is 130 Å². The van der Waals surface area contributed by atoms with Gasteiger partial charge in [0.1, 0.15) is 11.5 Å². The molecule has 2 aromatic carbocycles. The van der Waals surface area contributed by atoms with Crippen LogP contribution in [0.1, 0.15) is 24.1 Å². The Balaban J connectivity index is 2.32. The molecule has 110 valence electrons. The number of nitro groups is 1. The summed E-state index contributed by atoms with van der Waals surface area (Å²) in [6.45, 7) is 3.88. The predicted octanol–water partition coefficient (Wildman–Crippen LogP) is 4.98. The van der Waals surface area contributed by atoms with Crippen molar-refractivity contribution in [3.8, 4) is 0 Å². The van der Waals surface area contributed by atoms with Crippen LogP contribution in [0.5, 0.6) is 0 Å². The molecular formula is C15H14BrFN2O2. The molecule has 21 heavy (non-hydrogen) atoms. The average molecular weight is 353 g/mol. The topological polar surface area (TPSA) is 55.2 Å². The molecule has 0 amide bonds. The van der Waals surface area contributed by atoms with E-state index in [9.17, 15) is 14.5 Å². The number of aryl methyl sites for hydroxylation is 1. The van der Waals surface area contributed by atoms with Crippen molar-refractivity contribution < 1.29 is 9.31 Å². The SMILES string of the molecule is Cc1ccc(C(C)Nc2cc(Br)c(F)cc2[N+](=O)[O-])cc1. The van der Waals surface area contributed by atoms with Crippen molar-refractivity contribution in [1.29, 1.82) is 0 Å². The van der Waals surface area contributed by atoms with Crippen LogP contribution in [0.2, 0.25) is 0 Å². The van der Waals surface area contributed by atoms with Crippen LogP contribution in [-0.4, -0.2) is 4.92 Å². The van der Waals surface area contributed by atoms with E-state index in [1.165, 1.54) is 6.07 Å². The molecule has 0 radical (unpaired) electrons. The van der Waals surface area contributed by atoms with Crippen molar-refractivity contribution in [2.24, 2.45) is 0 Å². The number of halogens is 2. The first kappa shape index (κ1) is 15.4. The number of rotatable bonds is 4. The highest BCUT2D eigenvalue weighted by atomic mass is 79.9. The number of nitrogens with zero attached hydrogens (tertiary/aromatic N) is 1. The fourth-order valence-corrected chi connectivity index (χ4v) is 2.32. The normalized spacial score (nSPS) is 12.0. The molecule has 0 aliphatic rings. The standard InChI is InChI=1S/C15H14BrFN2O2/c1-9-3-5-11(6-4-9)10(2)18-14-7-12(16)13(17)8-15(14)19(20)21/h3-8,10,18H,1-2H3. The zero-order valence-corrected chi connectivity index (χ0v) is 13.1. The lowest BCUT2D eigenvalue weighted by Gasteiger charge is -2.16. The largest absolute Gasteiger partial charge is 0.373 e. The molecule has 4 nitrogen and oxygen atoms in total. The maximum atomic E-state index is 13.4. The van der Waals surface area contributed by atoms with Gasteiger partial charge >= 0.3 is 0 Å². The lowest BCUT2D eigenvalue weighted by Crippen LogP contribution is -2.08. The van der Waals surface area contributed by atoms with Crippen molar-refractivity contribution >= 4 is 27.3 Å². The average Bonchev–Trinajstić information content (AvgIpc) is 2.43. The van der Waals surface area contributed by atoms with E-state index in [1.807, 2.05) is 38.1 Å². The van der Waals surface area contributed by atoms with Crippen LogP contribution in [0.15, 0.2) is 40.9 Å². The quantitative estimate of drug-likeness (QED) is 0.623. The predicted molar refractivity (Wildman–Crippen MR) is 84.0 cm³/mol. The number of nitro benzene ring substituents is 1. The fourth-order valence-electron chi connectivity index (χ4n) is 1.97. The highest BCUT2D eigenvalue weighted by Gasteiger charge is 2.19. The van der Waals surface area contributed by atoms with Crippen LogP contribution < -0.4 is 5.32 Å². The first-order chi connectivity index (χ1) is 9.88. The molecule has 0 aliphatic heterocycles. The molecule has 6 heteroatoms. The van der Waals surface area contributed by atoms with Crippen molar-refractivity contribution in [1.82, 2.24) is 0 Å². The zero-order valence-electron chi connectivity index (χ0n) is 11.6. The molecule has 2 aromatic rings. The molecule has 0 saturated heterocycles. The number of nitrogens with one attached hydrogen (secondary N) is 1. The molecule has 0 heterocycles. The summed E-state index contributed by atoms with van der Waals surface area (Å²) in [6.07, 6.45) is 0. The number of benzene rings is 2. The van der Waals surface area contributed by atoms with Gasteiger partial charge < -0.3 is 5.32 Å². The van der Waals surface area contributed by atoms with Gasteiger partial charge in [-0.3, -0.25) is 10.1 Å². The van der Waals surface area contributed by atoms with Crippen LogP contribution in [-0.2, 0) is 0 Å². The van der Waals surface area contributed by atoms with E-state index in [-0.39, 0.29) is 21.9 Å². The molecule has 1 unspecified atom stereocenters. The van der Waals surface area contributed by atoms with Crippen LogP contribution in [0, 0.1) is 22.9 Å².